The second-order valence-electron chi connectivity index (χ2n) is 7.94. The molecule has 0 aromatic carbocycles. The molecule has 0 saturated carbocycles. The molecule has 1 rings (SSSR count). The monoisotopic (exact) mass is 313 g/mol. The van der Waals surface area contributed by atoms with Gasteiger partial charge in [0.1, 0.15) is 11.7 Å². The highest BCUT2D eigenvalue weighted by Crippen LogP contribution is 2.31. The Morgan fingerprint density at radius 2 is 1.91 bits per heavy atom. The maximum absolute atomic E-state index is 12.0. The fourth-order valence-electron chi connectivity index (χ4n) is 2.69. The van der Waals surface area contributed by atoms with Gasteiger partial charge < -0.3 is 14.8 Å². The summed E-state index contributed by atoms with van der Waals surface area (Å²) in [6.07, 6.45) is 0.683. The number of cyclic esters (lactones) is 1. The molecule has 5 heteroatoms. The van der Waals surface area contributed by atoms with Crippen molar-refractivity contribution in [1.29, 1.82) is 0 Å². The van der Waals surface area contributed by atoms with Gasteiger partial charge in [-0.2, -0.15) is 0 Å². The first kappa shape index (κ1) is 18.8. The van der Waals surface area contributed by atoms with E-state index in [2.05, 4.69) is 19.2 Å². The van der Waals surface area contributed by atoms with Crippen LogP contribution >= 0.6 is 0 Å². The third-order valence-corrected chi connectivity index (χ3v) is 3.74. The summed E-state index contributed by atoms with van der Waals surface area (Å²) in [7, 11) is 0. The summed E-state index contributed by atoms with van der Waals surface area (Å²) < 4.78 is 10.8. The van der Waals surface area contributed by atoms with E-state index in [-0.39, 0.29) is 30.0 Å². The van der Waals surface area contributed by atoms with Gasteiger partial charge in [0.2, 0.25) is 0 Å². The number of alkyl carbamates (subject to hydrolysis) is 1. The lowest BCUT2D eigenvalue weighted by atomic mass is 9.89. The zero-order valence-corrected chi connectivity index (χ0v) is 14.9. The first-order valence-corrected chi connectivity index (χ1v) is 8.19. The zero-order valence-electron chi connectivity index (χ0n) is 14.9. The number of hydrogen-bond donors (Lipinski definition) is 1. The number of nitrogens with one attached hydrogen (secondary N) is 1. The summed E-state index contributed by atoms with van der Waals surface area (Å²) in [6.45, 7) is 13.7. The molecule has 0 aliphatic carbocycles. The van der Waals surface area contributed by atoms with E-state index in [4.69, 9.17) is 9.47 Å². The van der Waals surface area contributed by atoms with E-state index >= 15 is 0 Å². The lowest BCUT2D eigenvalue weighted by molar-refractivity contribution is -0.146. The fraction of sp³-hybridized carbons (Fsp3) is 0.882. The second kappa shape index (κ2) is 7.34. The smallest absolute Gasteiger partial charge is 0.408 e. The standard InChI is InChI=1S/C17H31NO4/c1-10(2)8-13(18-16(20)22-17(5,6)7)14-9-12(11(3)4)15(19)21-14/h10-14H,8-9H2,1-7H3,(H,18,20)/t12-,13+,14+/m0/s1. The van der Waals surface area contributed by atoms with Crippen molar-refractivity contribution >= 4 is 12.1 Å². The van der Waals surface area contributed by atoms with Gasteiger partial charge >= 0.3 is 12.1 Å². The van der Waals surface area contributed by atoms with E-state index in [1.54, 1.807) is 0 Å². The van der Waals surface area contributed by atoms with Crippen molar-refractivity contribution < 1.29 is 19.1 Å². The summed E-state index contributed by atoms with van der Waals surface area (Å²) in [5.41, 5.74) is -0.542. The Morgan fingerprint density at radius 1 is 1.32 bits per heavy atom. The van der Waals surface area contributed by atoms with E-state index in [0.29, 0.717) is 12.3 Å². The minimum atomic E-state index is -0.542. The Hall–Kier alpha value is -1.26. The highest BCUT2D eigenvalue weighted by Gasteiger charge is 2.41. The van der Waals surface area contributed by atoms with Crippen LogP contribution in [0.1, 0.15) is 61.3 Å². The van der Waals surface area contributed by atoms with Gasteiger partial charge in [-0.25, -0.2) is 4.79 Å². The normalized spacial score (nSPS) is 23.6. The predicted octanol–water partition coefficient (Wildman–Crippen LogP) is 3.51. The molecule has 0 aromatic heterocycles. The van der Waals surface area contributed by atoms with Gasteiger partial charge in [-0.3, -0.25) is 4.79 Å². The molecular weight excluding hydrogens is 282 g/mol. The van der Waals surface area contributed by atoms with Crippen LogP contribution in [-0.2, 0) is 14.3 Å². The molecule has 1 N–H and O–H groups in total. The van der Waals surface area contributed by atoms with Gasteiger partial charge in [0.05, 0.1) is 12.0 Å². The molecule has 1 aliphatic heterocycles. The molecule has 1 fully saturated rings. The van der Waals surface area contributed by atoms with Crippen LogP contribution in [0.15, 0.2) is 0 Å². The predicted molar refractivity (Wildman–Crippen MR) is 85.4 cm³/mol. The molecular formula is C17H31NO4. The Kier molecular flexibility index (Phi) is 6.27. The molecule has 1 saturated heterocycles. The molecule has 0 radical (unpaired) electrons. The highest BCUT2D eigenvalue weighted by atomic mass is 16.6. The second-order valence-corrected chi connectivity index (χ2v) is 7.94. The van der Waals surface area contributed by atoms with Crippen LogP contribution in [0.4, 0.5) is 4.79 Å². The maximum Gasteiger partial charge on any atom is 0.408 e. The molecule has 3 atom stereocenters. The molecule has 1 amide bonds. The number of carbonyl (C=O) groups excluding carboxylic acids is 2. The number of hydrogen-bond acceptors (Lipinski definition) is 4. The first-order chi connectivity index (χ1) is 9.99. The molecule has 5 nitrogen and oxygen atoms in total. The Balaban J connectivity index is 2.73. The highest BCUT2D eigenvalue weighted by molar-refractivity contribution is 5.75. The van der Waals surface area contributed by atoms with E-state index < -0.39 is 11.7 Å². The largest absolute Gasteiger partial charge is 0.460 e. The molecule has 0 bridgehead atoms. The summed E-state index contributed by atoms with van der Waals surface area (Å²) in [5, 5.41) is 2.89. The Labute approximate surface area is 134 Å². The third-order valence-electron chi connectivity index (χ3n) is 3.74. The minimum absolute atomic E-state index is 0.0832. The Morgan fingerprint density at radius 3 is 2.32 bits per heavy atom. The van der Waals surface area contributed by atoms with Crippen LogP contribution in [0.3, 0.4) is 0 Å². The summed E-state index contributed by atoms with van der Waals surface area (Å²) in [4.78, 5) is 24.0. The van der Waals surface area contributed by atoms with Gasteiger partial charge in [-0.1, -0.05) is 27.7 Å². The van der Waals surface area contributed by atoms with Gasteiger partial charge in [0.25, 0.3) is 0 Å². The van der Waals surface area contributed by atoms with Crippen molar-refractivity contribution in [2.45, 2.75) is 79.1 Å². The molecule has 1 heterocycles. The van der Waals surface area contributed by atoms with Gasteiger partial charge in [-0.05, 0) is 45.4 Å². The summed E-state index contributed by atoms with van der Waals surface area (Å²) in [6, 6.07) is -0.206. The topological polar surface area (TPSA) is 64.6 Å². The third kappa shape index (κ3) is 5.85. The number of rotatable bonds is 5. The lowest BCUT2D eigenvalue weighted by Gasteiger charge is -2.27. The quantitative estimate of drug-likeness (QED) is 0.789. The zero-order chi connectivity index (χ0) is 17.1. The van der Waals surface area contributed by atoms with Gasteiger partial charge in [0, 0.05) is 0 Å². The van der Waals surface area contributed by atoms with Crippen molar-refractivity contribution in [3.05, 3.63) is 0 Å². The van der Waals surface area contributed by atoms with Crippen LogP contribution in [0, 0.1) is 17.8 Å². The van der Waals surface area contributed by atoms with E-state index in [1.165, 1.54) is 0 Å². The molecule has 0 unspecified atom stereocenters. The molecule has 22 heavy (non-hydrogen) atoms. The minimum Gasteiger partial charge on any atom is -0.460 e. The molecule has 1 aliphatic rings. The van der Waals surface area contributed by atoms with E-state index in [1.807, 2.05) is 34.6 Å². The lowest BCUT2D eigenvalue weighted by Crippen LogP contribution is -2.46. The molecule has 128 valence electrons. The first-order valence-electron chi connectivity index (χ1n) is 8.19. The van der Waals surface area contributed by atoms with Gasteiger partial charge in [-0.15, -0.1) is 0 Å². The van der Waals surface area contributed by atoms with Crippen LogP contribution in [-0.4, -0.2) is 29.8 Å². The SMILES string of the molecule is CC(C)C[C@@H](NC(=O)OC(C)(C)C)[C@H]1C[C@@H](C(C)C)C(=O)O1. The van der Waals surface area contributed by atoms with Crippen molar-refractivity contribution in [2.24, 2.45) is 17.8 Å². The average Bonchev–Trinajstić information content (AvgIpc) is 2.67. The van der Waals surface area contributed by atoms with E-state index in [0.717, 1.165) is 6.42 Å². The van der Waals surface area contributed by atoms with Gasteiger partial charge in [0.15, 0.2) is 0 Å². The number of carbonyl (C=O) groups is 2. The van der Waals surface area contributed by atoms with E-state index in [9.17, 15) is 9.59 Å². The van der Waals surface area contributed by atoms with Crippen molar-refractivity contribution in [2.75, 3.05) is 0 Å². The fourth-order valence-corrected chi connectivity index (χ4v) is 2.69. The number of esters is 1. The van der Waals surface area contributed by atoms with Crippen molar-refractivity contribution in [3.63, 3.8) is 0 Å². The molecule has 0 aromatic rings. The average molecular weight is 313 g/mol. The van der Waals surface area contributed by atoms with Crippen LogP contribution in [0.25, 0.3) is 0 Å². The van der Waals surface area contributed by atoms with Crippen molar-refractivity contribution in [3.8, 4) is 0 Å². The number of amides is 1. The summed E-state index contributed by atoms with van der Waals surface area (Å²) >= 11 is 0. The van der Waals surface area contributed by atoms with Crippen molar-refractivity contribution in [1.82, 2.24) is 5.32 Å². The van der Waals surface area contributed by atoms with Crippen LogP contribution in [0.2, 0.25) is 0 Å². The maximum atomic E-state index is 12.0. The molecule has 0 spiro atoms. The number of ether oxygens (including phenoxy) is 2. The summed E-state index contributed by atoms with van der Waals surface area (Å²) in [5.74, 6) is 0.398. The van der Waals surface area contributed by atoms with Crippen LogP contribution < -0.4 is 5.32 Å². The Bertz CT molecular complexity index is 398. The van der Waals surface area contributed by atoms with Crippen LogP contribution in [0.5, 0.6) is 0 Å².